The highest BCUT2D eigenvalue weighted by Crippen LogP contribution is 2.24. The molecule has 23 heavy (non-hydrogen) atoms. The van der Waals surface area contributed by atoms with Crippen molar-refractivity contribution in [2.24, 2.45) is 0 Å². The van der Waals surface area contributed by atoms with Crippen molar-refractivity contribution in [3.8, 4) is 5.75 Å². The van der Waals surface area contributed by atoms with E-state index in [4.69, 9.17) is 4.74 Å². The normalized spacial score (nSPS) is 12.2. The van der Waals surface area contributed by atoms with Gasteiger partial charge >= 0.3 is 5.97 Å². The minimum absolute atomic E-state index is 0.406. The lowest BCUT2D eigenvalue weighted by molar-refractivity contribution is -0.142. The molecule has 0 aromatic heterocycles. The third-order valence-electron chi connectivity index (χ3n) is 3.58. The van der Waals surface area contributed by atoms with Crippen LogP contribution >= 0.6 is 22.6 Å². The zero-order valence-corrected chi connectivity index (χ0v) is 15.4. The lowest BCUT2D eigenvalue weighted by atomic mass is 10.0. The van der Waals surface area contributed by atoms with Gasteiger partial charge in [-0.2, -0.15) is 0 Å². The molecule has 4 nitrogen and oxygen atoms in total. The van der Waals surface area contributed by atoms with Crippen LogP contribution in [0.5, 0.6) is 5.75 Å². The van der Waals surface area contributed by atoms with Crippen LogP contribution in [0, 0.1) is 3.57 Å². The van der Waals surface area contributed by atoms with Gasteiger partial charge in [0.2, 0.25) is 0 Å². The minimum Gasteiger partial charge on any atom is -0.489 e. The Kier molecular flexibility index (Phi) is 6.41. The number of carboxylic acids is 1. The molecule has 1 atom stereocenters. The lowest BCUT2D eigenvalue weighted by Gasteiger charge is -2.21. The molecule has 0 heterocycles. The second-order valence-electron chi connectivity index (χ2n) is 5.55. The fourth-order valence-corrected chi connectivity index (χ4v) is 2.84. The second-order valence-corrected chi connectivity index (χ2v) is 6.79. The second kappa shape index (κ2) is 8.31. The van der Waals surface area contributed by atoms with Crippen molar-refractivity contribution in [1.29, 1.82) is 0 Å². The minimum atomic E-state index is -0.831. The number of nitrogens with zero attached hydrogens (tertiary/aromatic N) is 1. The number of hydrogen-bond donors (Lipinski definition) is 1. The molecule has 0 aliphatic rings. The monoisotopic (exact) mass is 425 g/mol. The van der Waals surface area contributed by atoms with Gasteiger partial charge in [0.15, 0.2) is 0 Å². The third-order valence-corrected chi connectivity index (χ3v) is 4.25. The number of benzene rings is 2. The van der Waals surface area contributed by atoms with Gasteiger partial charge in [-0.1, -0.05) is 30.3 Å². The number of carbonyl (C=O) groups is 1. The van der Waals surface area contributed by atoms with Crippen LogP contribution in [0.25, 0.3) is 0 Å². The summed E-state index contributed by atoms with van der Waals surface area (Å²) >= 11 is 2.23. The molecule has 0 aliphatic carbocycles. The Labute approximate surface area is 150 Å². The highest BCUT2D eigenvalue weighted by molar-refractivity contribution is 14.1. The smallest absolute Gasteiger partial charge is 0.321 e. The maximum atomic E-state index is 11.4. The number of likely N-dealkylation sites (N-methyl/N-ethyl adjacent to an activating group) is 1. The van der Waals surface area contributed by atoms with Crippen LogP contribution in [0.1, 0.15) is 11.1 Å². The predicted octanol–water partition coefficient (Wildman–Crippen LogP) is 3.43. The molecule has 0 spiro atoms. The van der Waals surface area contributed by atoms with Crippen LogP contribution in [0.3, 0.4) is 0 Å². The van der Waals surface area contributed by atoms with E-state index < -0.39 is 12.0 Å². The largest absolute Gasteiger partial charge is 0.489 e. The summed E-state index contributed by atoms with van der Waals surface area (Å²) in [6.07, 6.45) is 0.406. The fourth-order valence-electron chi connectivity index (χ4n) is 2.28. The predicted molar refractivity (Wildman–Crippen MR) is 98.7 cm³/mol. The Morgan fingerprint density at radius 2 is 1.91 bits per heavy atom. The van der Waals surface area contributed by atoms with Crippen LogP contribution < -0.4 is 4.74 Å². The lowest BCUT2D eigenvalue weighted by Crippen LogP contribution is -2.37. The van der Waals surface area contributed by atoms with E-state index in [0.29, 0.717) is 13.0 Å². The van der Waals surface area contributed by atoms with Gasteiger partial charge < -0.3 is 9.84 Å². The van der Waals surface area contributed by atoms with Gasteiger partial charge in [-0.25, -0.2) is 0 Å². The number of rotatable bonds is 7. The molecule has 0 amide bonds. The Bertz CT molecular complexity index is 659. The highest BCUT2D eigenvalue weighted by atomic mass is 127. The Morgan fingerprint density at radius 3 is 2.52 bits per heavy atom. The van der Waals surface area contributed by atoms with E-state index in [1.807, 2.05) is 48.5 Å². The first-order valence-corrected chi connectivity index (χ1v) is 8.39. The molecular weight excluding hydrogens is 405 g/mol. The molecule has 0 radical (unpaired) electrons. The van der Waals surface area contributed by atoms with Crippen LogP contribution in [0.2, 0.25) is 0 Å². The van der Waals surface area contributed by atoms with Gasteiger partial charge in [-0.3, -0.25) is 9.69 Å². The van der Waals surface area contributed by atoms with E-state index in [0.717, 1.165) is 20.4 Å². The van der Waals surface area contributed by atoms with Gasteiger partial charge in [-0.15, -0.1) is 0 Å². The summed E-state index contributed by atoms with van der Waals surface area (Å²) in [6, 6.07) is 15.2. The van der Waals surface area contributed by atoms with Gasteiger partial charge in [0, 0.05) is 9.99 Å². The first kappa shape index (κ1) is 17.7. The van der Waals surface area contributed by atoms with E-state index in [2.05, 4.69) is 22.6 Å². The summed E-state index contributed by atoms with van der Waals surface area (Å²) in [7, 11) is 3.55. The van der Waals surface area contributed by atoms with E-state index in [1.165, 1.54) is 0 Å². The first-order valence-electron chi connectivity index (χ1n) is 7.31. The molecule has 0 saturated carbocycles. The standard InChI is InChI=1S/C18H20INO3/c1-20(2)16(18(21)22)11-14-10-15(19)8-9-17(14)23-12-13-6-4-3-5-7-13/h3-10,16H,11-12H2,1-2H3,(H,21,22)/t16-/m0/s1. The summed E-state index contributed by atoms with van der Waals surface area (Å²) < 4.78 is 6.99. The maximum absolute atomic E-state index is 11.4. The third kappa shape index (κ3) is 5.21. The van der Waals surface area contributed by atoms with E-state index in [-0.39, 0.29) is 0 Å². The molecule has 2 aromatic rings. The number of hydrogen-bond acceptors (Lipinski definition) is 3. The molecule has 122 valence electrons. The molecular formula is C18H20INO3. The molecule has 0 fully saturated rings. The Morgan fingerprint density at radius 1 is 1.22 bits per heavy atom. The van der Waals surface area contributed by atoms with Crippen molar-refractivity contribution < 1.29 is 14.6 Å². The SMILES string of the molecule is CN(C)[C@@H](Cc1cc(I)ccc1OCc1ccccc1)C(=O)O. The van der Waals surface area contributed by atoms with Gasteiger partial charge in [0.25, 0.3) is 0 Å². The average Bonchev–Trinajstić information content (AvgIpc) is 2.52. The topological polar surface area (TPSA) is 49.8 Å². The highest BCUT2D eigenvalue weighted by Gasteiger charge is 2.22. The summed E-state index contributed by atoms with van der Waals surface area (Å²) in [6.45, 7) is 0.466. The zero-order valence-electron chi connectivity index (χ0n) is 13.2. The van der Waals surface area contributed by atoms with Crippen molar-refractivity contribution in [3.05, 3.63) is 63.2 Å². The number of carboxylic acid groups (broad SMARTS) is 1. The summed E-state index contributed by atoms with van der Waals surface area (Å²) in [4.78, 5) is 13.1. The molecule has 5 heteroatoms. The Balaban J connectivity index is 2.18. The molecule has 0 unspecified atom stereocenters. The molecule has 0 saturated heterocycles. The van der Waals surface area contributed by atoms with E-state index in [1.54, 1.807) is 19.0 Å². The maximum Gasteiger partial charge on any atom is 0.321 e. The van der Waals surface area contributed by atoms with Crippen LogP contribution in [-0.4, -0.2) is 36.1 Å². The van der Waals surface area contributed by atoms with Crippen molar-refractivity contribution in [2.45, 2.75) is 19.1 Å². The fraction of sp³-hybridized carbons (Fsp3) is 0.278. The quantitative estimate of drug-likeness (QED) is 0.691. The van der Waals surface area contributed by atoms with E-state index >= 15 is 0 Å². The average molecular weight is 425 g/mol. The van der Waals surface area contributed by atoms with Gasteiger partial charge in [-0.05, 0) is 66.0 Å². The van der Waals surface area contributed by atoms with Gasteiger partial charge in [0.05, 0.1) is 0 Å². The summed E-state index contributed by atoms with van der Waals surface area (Å²) in [5.41, 5.74) is 1.99. The summed E-state index contributed by atoms with van der Waals surface area (Å²) in [5.74, 6) is -0.0924. The number of aliphatic carboxylic acids is 1. The van der Waals surface area contributed by atoms with Gasteiger partial charge in [0.1, 0.15) is 18.4 Å². The molecule has 0 aliphatic heterocycles. The molecule has 2 aromatic carbocycles. The van der Waals surface area contributed by atoms with Crippen molar-refractivity contribution >= 4 is 28.6 Å². The molecule has 2 rings (SSSR count). The molecule has 0 bridgehead atoms. The zero-order chi connectivity index (χ0) is 16.8. The molecule has 1 N–H and O–H groups in total. The van der Waals surface area contributed by atoms with E-state index in [9.17, 15) is 9.90 Å². The first-order chi connectivity index (χ1) is 11.0. The van der Waals surface area contributed by atoms with Crippen molar-refractivity contribution in [2.75, 3.05) is 14.1 Å². The summed E-state index contributed by atoms with van der Waals surface area (Å²) in [5, 5.41) is 9.39. The van der Waals surface area contributed by atoms with Crippen molar-refractivity contribution in [1.82, 2.24) is 4.90 Å². The number of halogens is 1. The van der Waals surface area contributed by atoms with Crippen LogP contribution in [-0.2, 0) is 17.8 Å². The van der Waals surface area contributed by atoms with Crippen LogP contribution in [0.4, 0.5) is 0 Å². The van der Waals surface area contributed by atoms with Crippen molar-refractivity contribution in [3.63, 3.8) is 0 Å². The number of ether oxygens (including phenoxy) is 1. The Hall–Kier alpha value is -1.60. The van der Waals surface area contributed by atoms with Crippen LogP contribution in [0.15, 0.2) is 48.5 Å².